The lowest BCUT2D eigenvalue weighted by atomic mass is 10.00. The Hall–Kier alpha value is -2.27. The number of fused-ring (bicyclic) bond motifs is 1. The Morgan fingerprint density at radius 3 is 2.75 bits per heavy atom. The zero-order chi connectivity index (χ0) is 17.3. The van der Waals surface area contributed by atoms with Crippen LogP contribution < -0.4 is 14.4 Å². The predicted molar refractivity (Wildman–Crippen MR) is 91.0 cm³/mol. The van der Waals surface area contributed by atoms with Gasteiger partial charge < -0.3 is 14.4 Å². The van der Waals surface area contributed by atoms with E-state index in [9.17, 15) is 9.18 Å². The highest BCUT2D eigenvalue weighted by molar-refractivity contribution is 6.32. The van der Waals surface area contributed by atoms with Crippen molar-refractivity contribution in [1.82, 2.24) is 0 Å². The largest absolute Gasteiger partial charge is 0.493 e. The van der Waals surface area contributed by atoms with E-state index in [0.29, 0.717) is 29.3 Å². The summed E-state index contributed by atoms with van der Waals surface area (Å²) in [5.41, 5.74) is 1.51. The summed E-state index contributed by atoms with van der Waals surface area (Å²) < 4.78 is 24.7. The highest BCUT2D eigenvalue weighted by Crippen LogP contribution is 2.37. The predicted octanol–water partition coefficient (Wildman–Crippen LogP) is 4.09. The number of ether oxygens (including phenoxy) is 2. The molecule has 0 saturated carbocycles. The zero-order valence-electron chi connectivity index (χ0n) is 13.4. The van der Waals surface area contributed by atoms with Crippen molar-refractivity contribution in [2.45, 2.75) is 12.8 Å². The van der Waals surface area contributed by atoms with E-state index < -0.39 is 5.82 Å². The first kappa shape index (κ1) is 16.6. The number of nitrogens with zero attached hydrogens (tertiary/aromatic N) is 1. The monoisotopic (exact) mass is 349 g/mol. The number of halogens is 2. The SMILES string of the molecule is COc1cc(C(=O)N2CCCc3cccc(F)c32)cc(Cl)c1OC. The standard InChI is InChI=1S/C18H17ClFNO3/c1-23-15-10-12(9-13(19)17(15)24-2)18(22)21-8-4-6-11-5-3-7-14(20)16(11)21/h3,5,7,9-10H,4,6,8H2,1-2H3. The van der Waals surface area contributed by atoms with E-state index in [0.717, 1.165) is 18.4 Å². The Bertz CT molecular complexity index is 794. The number of carbonyl (C=O) groups is 1. The lowest BCUT2D eigenvalue weighted by molar-refractivity contribution is 0.0983. The van der Waals surface area contributed by atoms with Gasteiger partial charge in [-0.3, -0.25) is 4.79 Å². The zero-order valence-corrected chi connectivity index (χ0v) is 14.2. The van der Waals surface area contributed by atoms with E-state index in [2.05, 4.69) is 0 Å². The van der Waals surface area contributed by atoms with Crippen LogP contribution in [-0.2, 0) is 6.42 Å². The number of carbonyl (C=O) groups excluding carboxylic acids is 1. The van der Waals surface area contributed by atoms with Crippen LogP contribution in [0.25, 0.3) is 0 Å². The molecular weight excluding hydrogens is 333 g/mol. The van der Waals surface area contributed by atoms with Crippen LogP contribution in [0.15, 0.2) is 30.3 Å². The van der Waals surface area contributed by atoms with E-state index in [-0.39, 0.29) is 10.9 Å². The summed E-state index contributed by atoms with van der Waals surface area (Å²) >= 11 is 6.18. The summed E-state index contributed by atoms with van der Waals surface area (Å²) in [6.45, 7) is 0.457. The third-order valence-electron chi connectivity index (χ3n) is 4.09. The Balaban J connectivity index is 2.04. The highest BCUT2D eigenvalue weighted by Gasteiger charge is 2.27. The molecule has 1 amide bonds. The number of hydrogen-bond donors (Lipinski definition) is 0. The topological polar surface area (TPSA) is 38.8 Å². The lowest BCUT2D eigenvalue weighted by Gasteiger charge is -2.30. The molecule has 24 heavy (non-hydrogen) atoms. The minimum atomic E-state index is -0.396. The van der Waals surface area contributed by atoms with Crippen LogP contribution in [0.5, 0.6) is 11.5 Å². The van der Waals surface area contributed by atoms with Crippen LogP contribution in [0.1, 0.15) is 22.3 Å². The Morgan fingerprint density at radius 2 is 2.04 bits per heavy atom. The number of methoxy groups -OCH3 is 2. The maximum Gasteiger partial charge on any atom is 0.258 e. The van der Waals surface area contributed by atoms with Crippen molar-refractivity contribution >= 4 is 23.2 Å². The highest BCUT2D eigenvalue weighted by atomic mass is 35.5. The molecule has 2 aromatic rings. The summed E-state index contributed by atoms with van der Waals surface area (Å²) in [5, 5.41) is 0.269. The molecule has 4 nitrogen and oxygen atoms in total. The van der Waals surface area contributed by atoms with Crippen LogP contribution in [0.3, 0.4) is 0 Å². The average molecular weight is 350 g/mol. The number of aryl methyl sites for hydroxylation is 1. The van der Waals surface area contributed by atoms with Gasteiger partial charge in [0.2, 0.25) is 0 Å². The maximum atomic E-state index is 14.3. The van der Waals surface area contributed by atoms with Crippen molar-refractivity contribution in [2.75, 3.05) is 25.7 Å². The quantitative estimate of drug-likeness (QED) is 0.837. The molecule has 0 aliphatic carbocycles. The number of anilines is 1. The second-order valence-corrected chi connectivity index (χ2v) is 5.91. The summed E-state index contributed by atoms with van der Waals surface area (Å²) in [4.78, 5) is 14.4. The van der Waals surface area contributed by atoms with E-state index in [1.807, 2.05) is 6.07 Å². The fourth-order valence-electron chi connectivity index (χ4n) is 3.00. The molecular formula is C18H17ClFNO3. The van der Waals surface area contributed by atoms with Crippen LogP contribution in [0.4, 0.5) is 10.1 Å². The van der Waals surface area contributed by atoms with Crippen LogP contribution in [0.2, 0.25) is 5.02 Å². The smallest absolute Gasteiger partial charge is 0.258 e. The normalized spacial score (nSPS) is 13.4. The van der Waals surface area contributed by atoms with Crippen molar-refractivity contribution in [2.24, 2.45) is 0 Å². The number of amides is 1. The van der Waals surface area contributed by atoms with Gasteiger partial charge in [-0.2, -0.15) is 0 Å². The first-order valence-corrected chi connectivity index (χ1v) is 7.95. The number of para-hydroxylation sites is 1. The van der Waals surface area contributed by atoms with Gasteiger partial charge in [-0.15, -0.1) is 0 Å². The molecule has 3 rings (SSSR count). The molecule has 0 aromatic heterocycles. The van der Waals surface area contributed by atoms with E-state index >= 15 is 0 Å². The van der Waals surface area contributed by atoms with E-state index in [1.54, 1.807) is 12.1 Å². The molecule has 1 aliphatic heterocycles. The molecule has 1 heterocycles. The van der Waals surface area contributed by atoms with E-state index in [4.69, 9.17) is 21.1 Å². The van der Waals surface area contributed by atoms with Gasteiger partial charge in [0, 0.05) is 12.1 Å². The number of benzene rings is 2. The molecule has 6 heteroatoms. The maximum absolute atomic E-state index is 14.3. The molecule has 0 bridgehead atoms. The van der Waals surface area contributed by atoms with Crippen molar-refractivity contribution in [3.05, 3.63) is 52.3 Å². The van der Waals surface area contributed by atoms with Gasteiger partial charge >= 0.3 is 0 Å². The fourth-order valence-corrected chi connectivity index (χ4v) is 3.29. The van der Waals surface area contributed by atoms with Gasteiger partial charge in [0.15, 0.2) is 11.5 Å². The Labute approximate surface area is 144 Å². The van der Waals surface area contributed by atoms with Gasteiger partial charge in [0.1, 0.15) is 5.82 Å². The van der Waals surface area contributed by atoms with Gasteiger partial charge in [-0.1, -0.05) is 23.7 Å². The van der Waals surface area contributed by atoms with Crippen molar-refractivity contribution in [3.8, 4) is 11.5 Å². The molecule has 0 radical (unpaired) electrons. The Morgan fingerprint density at radius 1 is 1.25 bits per heavy atom. The van der Waals surface area contributed by atoms with Gasteiger partial charge in [-0.25, -0.2) is 4.39 Å². The molecule has 126 valence electrons. The minimum absolute atomic E-state index is 0.269. The van der Waals surface area contributed by atoms with Crippen molar-refractivity contribution in [3.63, 3.8) is 0 Å². The molecule has 0 atom stereocenters. The molecule has 0 saturated heterocycles. The summed E-state index contributed by atoms with van der Waals surface area (Å²) in [6, 6.07) is 7.95. The molecule has 0 fully saturated rings. The number of rotatable bonds is 3. The minimum Gasteiger partial charge on any atom is -0.493 e. The molecule has 0 unspecified atom stereocenters. The average Bonchev–Trinajstić information content (AvgIpc) is 2.60. The summed E-state index contributed by atoms with van der Waals surface area (Å²) in [6.07, 6.45) is 1.53. The van der Waals surface area contributed by atoms with Crippen LogP contribution in [0, 0.1) is 5.82 Å². The van der Waals surface area contributed by atoms with Crippen LogP contribution in [-0.4, -0.2) is 26.7 Å². The molecule has 0 spiro atoms. The van der Waals surface area contributed by atoms with Gasteiger partial charge in [-0.05, 0) is 36.6 Å². The summed E-state index contributed by atoms with van der Waals surface area (Å²) in [5.74, 6) is 0.0103. The molecule has 1 aliphatic rings. The third kappa shape index (κ3) is 2.80. The molecule has 0 N–H and O–H groups in total. The first-order chi connectivity index (χ1) is 11.6. The van der Waals surface area contributed by atoms with E-state index in [1.165, 1.54) is 31.3 Å². The number of hydrogen-bond acceptors (Lipinski definition) is 3. The lowest BCUT2D eigenvalue weighted by Crippen LogP contribution is -2.36. The van der Waals surface area contributed by atoms with Gasteiger partial charge in [0.05, 0.1) is 24.9 Å². The third-order valence-corrected chi connectivity index (χ3v) is 4.37. The second-order valence-electron chi connectivity index (χ2n) is 5.50. The summed E-state index contributed by atoms with van der Waals surface area (Å²) in [7, 11) is 2.94. The van der Waals surface area contributed by atoms with Crippen LogP contribution >= 0.6 is 11.6 Å². The first-order valence-electron chi connectivity index (χ1n) is 7.57. The second kappa shape index (κ2) is 6.69. The van der Waals surface area contributed by atoms with Gasteiger partial charge in [0.25, 0.3) is 5.91 Å². The fraction of sp³-hybridized carbons (Fsp3) is 0.278. The van der Waals surface area contributed by atoms with Crippen molar-refractivity contribution < 1.29 is 18.7 Å². The molecule has 2 aromatic carbocycles. The Kier molecular flexibility index (Phi) is 4.62. The van der Waals surface area contributed by atoms with Crippen molar-refractivity contribution in [1.29, 1.82) is 0 Å².